The van der Waals surface area contributed by atoms with E-state index in [1.165, 1.54) is 18.7 Å². The fourth-order valence-electron chi connectivity index (χ4n) is 1.66. The van der Waals surface area contributed by atoms with Crippen LogP contribution < -0.4 is 0 Å². The molecule has 1 atom stereocenters. The third-order valence-corrected chi connectivity index (χ3v) is 4.03. The number of likely N-dealkylation sites (tertiary alicyclic amines) is 1. The number of amides is 2. The predicted octanol–water partition coefficient (Wildman–Crippen LogP) is 1.12. The fraction of sp³-hybridized carbons (Fsp3) is 0.727. The third kappa shape index (κ3) is 2.80. The Morgan fingerprint density at radius 3 is 2.35 bits per heavy atom. The molecule has 0 saturated carbocycles. The number of aliphatic carboxylic acids is 1. The summed E-state index contributed by atoms with van der Waals surface area (Å²) in [7, 11) is 0. The molecule has 0 bridgehead atoms. The summed E-state index contributed by atoms with van der Waals surface area (Å²) in [6.45, 7) is 6.61. The molecule has 1 heterocycles. The van der Waals surface area contributed by atoms with E-state index in [0.29, 0.717) is 0 Å². The number of hydrogen-bond donors (Lipinski definition) is 1. The standard InChI is InChI=1S/C11H17NO4S/c1-6(2)12-8(13)5-7(9(12)14)17-11(3,4)10(15)16/h6-7H,5H2,1-4H3,(H,15,16). The molecular formula is C11H17NO4S. The van der Waals surface area contributed by atoms with E-state index in [2.05, 4.69) is 0 Å². The van der Waals surface area contributed by atoms with Gasteiger partial charge in [0.25, 0.3) is 0 Å². The Hall–Kier alpha value is -1.04. The lowest BCUT2D eigenvalue weighted by molar-refractivity contribution is -0.140. The van der Waals surface area contributed by atoms with Gasteiger partial charge in [0.2, 0.25) is 11.8 Å². The Kier molecular flexibility index (Phi) is 3.86. The lowest BCUT2D eigenvalue weighted by Crippen LogP contribution is -2.38. The zero-order chi connectivity index (χ0) is 13.4. The predicted molar refractivity (Wildman–Crippen MR) is 64.7 cm³/mol. The highest BCUT2D eigenvalue weighted by molar-refractivity contribution is 8.02. The van der Waals surface area contributed by atoms with Crippen molar-refractivity contribution in [2.75, 3.05) is 0 Å². The Labute approximate surface area is 105 Å². The maximum absolute atomic E-state index is 11.9. The van der Waals surface area contributed by atoms with Crippen molar-refractivity contribution in [2.24, 2.45) is 0 Å². The second-order valence-corrected chi connectivity index (χ2v) is 6.65. The number of carbonyl (C=O) groups excluding carboxylic acids is 2. The van der Waals surface area contributed by atoms with Gasteiger partial charge in [-0.05, 0) is 27.7 Å². The molecule has 17 heavy (non-hydrogen) atoms. The van der Waals surface area contributed by atoms with Gasteiger partial charge in [-0.1, -0.05) is 0 Å². The van der Waals surface area contributed by atoms with Gasteiger partial charge in [-0.3, -0.25) is 19.3 Å². The van der Waals surface area contributed by atoms with E-state index in [1.807, 2.05) is 0 Å². The molecule has 1 unspecified atom stereocenters. The number of carboxylic acids is 1. The first-order chi connectivity index (χ1) is 7.66. The van der Waals surface area contributed by atoms with Crippen LogP contribution in [0.3, 0.4) is 0 Å². The summed E-state index contributed by atoms with van der Waals surface area (Å²) in [4.78, 5) is 35.8. The Balaban J connectivity index is 2.80. The minimum Gasteiger partial charge on any atom is -0.480 e. The van der Waals surface area contributed by atoms with Crippen molar-refractivity contribution < 1.29 is 19.5 Å². The van der Waals surface area contributed by atoms with E-state index in [-0.39, 0.29) is 24.3 Å². The van der Waals surface area contributed by atoms with Crippen LogP contribution in [0.1, 0.15) is 34.1 Å². The normalized spacial score (nSPS) is 21.5. The van der Waals surface area contributed by atoms with E-state index in [4.69, 9.17) is 5.11 Å². The zero-order valence-corrected chi connectivity index (χ0v) is 11.2. The van der Waals surface area contributed by atoms with Crippen LogP contribution in [0, 0.1) is 0 Å². The number of rotatable bonds is 4. The van der Waals surface area contributed by atoms with E-state index in [1.54, 1.807) is 13.8 Å². The second-order valence-electron chi connectivity index (χ2n) is 4.82. The number of carboxylic acid groups (broad SMARTS) is 1. The molecule has 0 spiro atoms. The lowest BCUT2D eigenvalue weighted by Gasteiger charge is -2.23. The van der Waals surface area contributed by atoms with Gasteiger partial charge in [0.05, 0.1) is 5.25 Å². The van der Waals surface area contributed by atoms with Crippen molar-refractivity contribution >= 4 is 29.5 Å². The zero-order valence-electron chi connectivity index (χ0n) is 10.4. The van der Waals surface area contributed by atoms with Crippen LogP contribution in [0.5, 0.6) is 0 Å². The topological polar surface area (TPSA) is 74.7 Å². The van der Waals surface area contributed by atoms with E-state index < -0.39 is 16.0 Å². The number of carbonyl (C=O) groups is 3. The van der Waals surface area contributed by atoms with Crippen LogP contribution in [0.4, 0.5) is 0 Å². The summed E-state index contributed by atoms with van der Waals surface area (Å²) in [5.41, 5.74) is 0. The summed E-state index contributed by atoms with van der Waals surface area (Å²) in [6, 6.07) is -0.173. The lowest BCUT2D eigenvalue weighted by atomic mass is 10.2. The van der Waals surface area contributed by atoms with Gasteiger partial charge in [-0.25, -0.2) is 0 Å². The molecule has 5 nitrogen and oxygen atoms in total. The summed E-state index contributed by atoms with van der Waals surface area (Å²) in [5, 5.41) is 8.43. The first-order valence-electron chi connectivity index (χ1n) is 5.44. The van der Waals surface area contributed by atoms with Gasteiger partial charge in [0.1, 0.15) is 4.75 Å². The molecule has 1 N–H and O–H groups in total. The fourth-order valence-corrected chi connectivity index (χ4v) is 2.92. The molecule has 96 valence electrons. The molecule has 0 aromatic rings. The van der Waals surface area contributed by atoms with Crippen LogP contribution >= 0.6 is 11.8 Å². The van der Waals surface area contributed by atoms with Crippen LogP contribution in [0.15, 0.2) is 0 Å². The van der Waals surface area contributed by atoms with E-state index >= 15 is 0 Å². The summed E-state index contributed by atoms with van der Waals surface area (Å²) in [5.74, 6) is -1.47. The SMILES string of the molecule is CC(C)N1C(=O)CC(SC(C)(C)C(=O)O)C1=O. The highest BCUT2D eigenvalue weighted by Gasteiger charge is 2.44. The van der Waals surface area contributed by atoms with Crippen molar-refractivity contribution in [3.63, 3.8) is 0 Å². The van der Waals surface area contributed by atoms with Crippen molar-refractivity contribution in [3.05, 3.63) is 0 Å². The highest BCUT2D eigenvalue weighted by Crippen LogP contribution is 2.35. The minimum absolute atomic E-state index is 0.0956. The molecule has 1 aliphatic rings. The van der Waals surface area contributed by atoms with E-state index in [9.17, 15) is 14.4 Å². The maximum Gasteiger partial charge on any atom is 0.319 e. The van der Waals surface area contributed by atoms with Crippen LogP contribution in [0.2, 0.25) is 0 Å². The maximum atomic E-state index is 11.9. The summed E-state index contributed by atoms with van der Waals surface area (Å²) < 4.78 is -1.06. The molecule has 1 fully saturated rings. The average Bonchev–Trinajstić information content (AvgIpc) is 2.40. The highest BCUT2D eigenvalue weighted by atomic mass is 32.2. The Morgan fingerprint density at radius 1 is 1.47 bits per heavy atom. The van der Waals surface area contributed by atoms with Crippen LogP contribution in [-0.4, -0.2) is 43.8 Å². The monoisotopic (exact) mass is 259 g/mol. The smallest absolute Gasteiger partial charge is 0.319 e. The van der Waals surface area contributed by atoms with Crippen molar-refractivity contribution in [3.8, 4) is 0 Å². The average molecular weight is 259 g/mol. The first-order valence-corrected chi connectivity index (χ1v) is 6.32. The molecule has 2 amide bonds. The van der Waals surface area contributed by atoms with Crippen molar-refractivity contribution in [1.82, 2.24) is 4.90 Å². The van der Waals surface area contributed by atoms with Crippen molar-refractivity contribution in [1.29, 1.82) is 0 Å². The van der Waals surface area contributed by atoms with E-state index in [0.717, 1.165) is 11.8 Å². The molecule has 0 aromatic carbocycles. The van der Waals surface area contributed by atoms with Crippen molar-refractivity contribution in [2.45, 2.75) is 50.2 Å². The Morgan fingerprint density at radius 2 is 2.00 bits per heavy atom. The van der Waals surface area contributed by atoms with Gasteiger partial charge in [0, 0.05) is 12.5 Å². The van der Waals surface area contributed by atoms with Gasteiger partial charge < -0.3 is 5.11 Å². The molecule has 1 rings (SSSR count). The molecule has 0 radical (unpaired) electrons. The van der Waals surface area contributed by atoms with Gasteiger partial charge in [-0.15, -0.1) is 11.8 Å². The summed E-state index contributed by atoms with van der Waals surface area (Å²) >= 11 is 1.04. The number of nitrogens with zero attached hydrogens (tertiary/aromatic N) is 1. The molecule has 6 heteroatoms. The van der Waals surface area contributed by atoms with Crippen LogP contribution in [-0.2, 0) is 14.4 Å². The minimum atomic E-state index is -1.06. The molecule has 0 aromatic heterocycles. The van der Waals surface area contributed by atoms with Gasteiger partial charge in [0.15, 0.2) is 0 Å². The largest absolute Gasteiger partial charge is 0.480 e. The molecule has 1 aliphatic heterocycles. The molecular weight excluding hydrogens is 242 g/mol. The number of hydrogen-bond acceptors (Lipinski definition) is 4. The van der Waals surface area contributed by atoms with Gasteiger partial charge >= 0.3 is 5.97 Å². The molecule has 0 aliphatic carbocycles. The van der Waals surface area contributed by atoms with Crippen LogP contribution in [0.25, 0.3) is 0 Å². The number of thioether (sulfide) groups is 1. The first kappa shape index (κ1) is 14.0. The molecule has 1 saturated heterocycles. The number of imide groups is 1. The Bertz CT molecular complexity index is 364. The second kappa shape index (κ2) is 4.68. The third-order valence-electron chi connectivity index (χ3n) is 2.61. The summed E-state index contributed by atoms with van der Waals surface area (Å²) in [6.07, 6.45) is 0.0956. The quantitative estimate of drug-likeness (QED) is 0.766. The van der Waals surface area contributed by atoms with Gasteiger partial charge in [-0.2, -0.15) is 0 Å².